The standard InChI is InChI=1S/C13H20N4O2/c1-9(2)17(5-4-12(14)16-19)13(18)11-6-10(3)7-15-8-11/h6-9,19H,4-5H2,1-3H3,(H2,14,16). The van der Waals surface area contributed by atoms with Crippen molar-refractivity contribution in [1.29, 1.82) is 0 Å². The lowest BCUT2D eigenvalue weighted by molar-refractivity contribution is 0.0710. The number of hydrogen-bond acceptors (Lipinski definition) is 4. The van der Waals surface area contributed by atoms with Crippen molar-refractivity contribution >= 4 is 11.7 Å². The van der Waals surface area contributed by atoms with E-state index in [0.717, 1.165) is 5.56 Å². The number of nitrogens with zero attached hydrogens (tertiary/aromatic N) is 3. The second kappa shape index (κ2) is 6.72. The molecule has 0 bridgehead atoms. The van der Waals surface area contributed by atoms with E-state index in [1.165, 1.54) is 0 Å². The number of amides is 1. The van der Waals surface area contributed by atoms with E-state index in [9.17, 15) is 4.79 Å². The number of carbonyl (C=O) groups is 1. The van der Waals surface area contributed by atoms with E-state index in [1.54, 1.807) is 23.4 Å². The molecule has 0 saturated carbocycles. The van der Waals surface area contributed by atoms with Gasteiger partial charge in [-0.1, -0.05) is 5.16 Å². The highest BCUT2D eigenvalue weighted by Gasteiger charge is 2.19. The third kappa shape index (κ3) is 4.24. The molecule has 0 radical (unpaired) electrons. The zero-order chi connectivity index (χ0) is 14.4. The van der Waals surface area contributed by atoms with Crippen molar-refractivity contribution < 1.29 is 10.0 Å². The molecule has 6 heteroatoms. The Morgan fingerprint density at radius 2 is 2.21 bits per heavy atom. The lowest BCUT2D eigenvalue weighted by Gasteiger charge is -2.26. The monoisotopic (exact) mass is 264 g/mol. The van der Waals surface area contributed by atoms with Crippen LogP contribution in [0.25, 0.3) is 0 Å². The summed E-state index contributed by atoms with van der Waals surface area (Å²) in [5, 5.41) is 11.4. The van der Waals surface area contributed by atoms with Gasteiger partial charge >= 0.3 is 0 Å². The molecule has 0 spiro atoms. The maximum atomic E-state index is 12.4. The molecule has 19 heavy (non-hydrogen) atoms. The molecule has 1 heterocycles. The number of oxime groups is 1. The molecule has 1 aromatic rings. The maximum absolute atomic E-state index is 12.4. The lowest BCUT2D eigenvalue weighted by atomic mass is 10.1. The molecule has 6 nitrogen and oxygen atoms in total. The molecule has 3 N–H and O–H groups in total. The maximum Gasteiger partial charge on any atom is 0.255 e. The number of amidine groups is 1. The average molecular weight is 264 g/mol. The van der Waals surface area contributed by atoms with Gasteiger partial charge in [0.25, 0.3) is 5.91 Å². The van der Waals surface area contributed by atoms with Gasteiger partial charge in [-0.2, -0.15) is 0 Å². The topological polar surface area (TPSA) is 91.8 Å². The Labute approximate surface area is 112 Å². The number of aryl methyl sites for hydroxylation is 1. The van der Waals surface area contributed by atoms with Gasteiger partial charge in [0.2, 0.25) is 0 Å². The van der Waals surface area contributed by atoms with Crippen LogP contribution in [0, 0.1) is 6.92 Å². The summed E-state index contributed by atoms with van der Waals surface area (Å²) in [7, 11) is 0. The van der Waals surface area contributed by atoms with Crippen molar-refractivity contribution in [1.82, 2.24) is 9.88 Å². The first-order valence-electron chi connectivity index (χ1n) is 6.14. The van der Waals surface area contributed by atoms with E-state index in [0.29, 0.717) is 18.5 Å². The van der Waals surface area contributed by atoms with Gasteiger partial charge in [0.15, 0.2) is 0 Å². The summed E-state index contributed by atoms with van der Waals surface area (Å²) >= 11 is 0. The molecule has 0 aliphatic heterocycles. The normalized spacial score (nSPS) is 11.7. The van der Waals surface area contributed by atoms with E-state index in [4.69, 9.17) is 10.9 Å². The van der Waals surface area contributed by atoms with E-state index in [-0.39, 0.29) is 17.8 Å². The van der Waals surface area contributed by atoms with Crippen LogP contribution in [0.2, 0.25) is 0 Å². The third-order valence-electron chi connectivity index (χ3n) is 2.74. The second-order valence-corrected chi connectivity index (χ2v) is 4.68. The molecule has 104 valence electrons. The van der Waals surface area contributed by atoms with Gasteiger partial charge in [-0.3, -0.25) is 9.78 Å². The second-order valence-electron chi connectivity index (χ2n) is 4.68. The minimum absolute atomic E-state index is 0.0273. The van der Waals surface area contributed by atoms with Crippen molar-refractivity contribution in [2.45, 2.75) is 33.2 Å². The fraction of sp³-hybridized carbons (Fsp3) is 0.462. The Morgan fingerprint density at radius 3 is 2.74 bits per heavy atom. The van der Waals surface area contributed by atoms with E-state index < -0.39 is 0 Å². The van der Waals surface area contributed by atoms with Crippen LogP contribution in [0.3, 0.4) is 0 Å². The average Bonchev–Trinajstić information content (AvgIpc) is 2.38. The van der Waals surface area contributed by atoms with Gasteiger partial charge in [0.05, 0.1) is 5.56 Å². The molecule has 1 aromatic heterocycles. The molecule has 0 aliphatic carbocycles. The van der Waals surface area contributed by atoms with Crippen molar-refractivity contribution in [3.63, 3.8) is 0 Å². The van der Waals surface area contributed by atoms with Crippen molar-refractivity contribution in [2.24, 2.45) is 10.9 Å². The van der Waals surface area contributed by atoms with Crippen LogP contribution in [-0.4, -0.2) is 39.4 Å². The van der Waals surface area contributed by atoms with Crippen molar-refractivity contribution in [2.75, 3.05) is 6.54 Å². The molecule has 0 aromatic carbocycles. The highest BCUT2D eigenvalue weighted by molar-refractivity contribution is 5.94. The number of rotatable bonds is 5. The molecular weight excluding hydrogens is 244 g/mol. The summed E-state index contributed by atoms with van der Waals surface area (Å²) in [6.07, 6.45) is 3.58. The first-order chi connectivity index (χ1) is 8.95. The first-order valence-corrected chi connectivity index (χ1v) is 6.14. The predicted molar refractivity (Wildman–Crippen MR) is 73.2 cm³/mol. The molecule has 0 aliphatic rings. The van der Waals surface area contributed by atoms with Gasteiger partial charge in [0, 0.05) is 31.4 Å². The van der Waals surface area contributed by atoms with Gasteiger partial charge < -0.3 is 15.8 Å². The zero-order valence-electron chi connectivity index (χ0n) is 11.5. The lowest BCUT2D eigenvalue weighted by Crippen LogP contribution is -2.39. The third-order valence-corrected chi connectivity index (χ3v) is 2.74. The van der Waals surface area contributed by atoms with Gasteiger partial charge in [0.1, 0.15) is 5.84 Å². The van der Waals surface area contributed by atoms with Crippen LogP contribution < -0.4 is 5.73 Å². The first kappa shape index (κ1) is 14.9. The van der Waals surface area contributed by atoms with Crippen LogP contribution in [0.5, 0.6) is 0 Å². The van der Waals surface area contributed by atoms with Crippen LogP contribution >= 0.6 is 0 Å². The largest absolute Gasteiger partial charge is 0.409 e. The Hall–Kier alpha value is -2.11. The Morgan fingerprint density at radius 1 is 1.53 bits per heavy atom. The molecule has 0 atom stereocenters. The smallest absolute Gasteiger partial charge is 0.255 e. The van der Waals surface area contributed by atoms with Crippen molar-refractivity contribution in [3.8, 4) is 0 Å². The van der Waals surface area contributed by atoms with Crippen molar-refractivity contribution in [3.05, 3.63) is 29.6 Å². The minimum atomic E-state index is -0.100. The van der Waals surface area contributed by atoms with Crippen LogP contribution in [0.1, 0.15) is 36.2 Å². The van der Waals surface area contributed by atoms with E-state index in [1.807, 2.05) is 20.8 Å². The molecule has 0 saturated heterocycles. The highest BCUT2D eigenvalue weighted by atomic mass is 16.4. The van der Waals surface area contributed by atoms with Gasteiger partial charge in [-0.15, -0.1) is 0 Å². The summed E-state index contributed by atoms with van der Waals surface area (Å²) in [6.45, 7) is 6.14. The Kier molecular flexibility index (Phi) is 5.29. The minimum Gasteiger partial charge on any atom is -0.409 e. The molecular formula is C13H20N4O2. The summed E-state index contributed by atoms with van der Waals surface area (Å²) in [5.41, 5.74) is 6.92. The number of aromatic nitrogens is 1. The molecule has 0 unspecified atom stereocenters. The number of nitrogens with two attached hydrogens (primary N) is 1. The SMILES string of the molecule is Cc1cncc(C(=O)N(CCC(N)=NO)C(C)C)c1. The molecule has 0 fully saturated rings. The molecule has 1 amide bonds. The fourth-order valence-corrected chi connectivity index (χ4v) is 1.72. The molecule has 1 rings (SSSR count). The van der Waals surface area contributed by atoms with Crippen LogP contribution in [0.15, 0.2) is 23.6 Å². The van der Waals surface area contributed by atoms with Crippen LogP contribution in [0.4, 0.5) is 0 Å². The fourth-order valence-electron chi connectivity index (χ4n) is 1.72. The zero-order valence-corrected chi connectivity index (χ0v) is 11.5. The number of carbonyl (C=O) groups excluding carboxylic acids is 1. The predicted octanol–water partition coefficient (Wildman–Crippen LogP) is 1.38. The Bertz CT molecular complexity index is 471. The Balaban J connectivity index is 2.84. The summed E-state index contributed by atoms with van der Waals surface area (Å²) in [5.74, 6) is 0.0118. The number of hydrogen-bond donors (Lipinski definition) is 2. The number of pyridine rings is 1. The van der Waals surface area contributed by atoms with Gasteiger partial charge in [-0.25, -0.2) is 0 Å². The summed E-state index contributed by atoms with van der Waals surface area (Å²) in [6, 6.07) is 1.83. The quantitative estimate of drug-likeness (QED) is 0.364. The summed E-state index contributed by atoms with van der Waals surface area (Å²) < 4.78 is 0. The van der Waals surface area contributed by atoms with E-state index in [2.05, 4.69) is 10.1 Å². The van der Waals surface area contributed by atoms with Gasteiger partial charge in [-0.05, 0) is 32.4 Å². The summed E-state index contributed by atoms with van der Waals surface area (Å²) in [4.78, 5) is 18.1. The van der Waals surface area contributed by atoms with Crippen LogP contribution in [-0.2, 0) is 0 Å². The van der Waals surface area contributed by atoms with E-state index >= 15 is 0 Å². The highest BCUT2D eigenvalue weighted by Crippen LogP contribution is 2.10.